The zero-order valence-electron chi connectivity index (χ0n) is 13.4. The molecule has 2 aromatic carbocycles. The van der Waals surface area contributed by atoms with Gasteiger partial charge in [0.2, 0.25) is 0 Å². The van der Waals surface area contributed by atoms with E-state index in [0.717, 1.165) is 22.5 Å². The Balaban J connectivity index is 1.60. The van der Waals surface area contributed by atoms with E-state index in [2.05, 4.69) is 27.2 Å². The van der Waals surface area contributed by atoms with Gasteiger partial charge >= 0.3 is 0 Å². The van der Waals surface area contributed by atoms with Crippen molar-refractivity contribution in [3.8, 4) is 0 Å². The summed E-state index contributed by atoms with van der Waals surface area (Å²) in [5.41, 5.74) is 3.39. The number of nitrogens with zero attached hydrogens (tertiary/aromatic N) is 1. The van der Waals surface area contributed by atoms with Gasteiger partial charge in [-0.2, -0.15) is 0 Å². The van der Waals surface area contributed by atoms with Crippen LogP contribution in [0.4, 0.5) is 5.69 Å². The van der Waals surface area contributed by atoms with Gasteiger partial charge in [0.15, 0.2) is 0 Å². The summed E-state index contributed by atoms with van der Waals surface area (Å²) in [6.45, 7) is 4.81. The number of amides is 1. The summed E-state index contributed by atoms with van der Waals surface area (Å²) in [5, 5.41) is 6.12. The summed E-state index contributed by atoms with van der Waals surface area (Å²) in [4.78, 5) is 20.2. The molecule has 0 unspecified atom stereocenters. The van der Waals surface area contributed by atoms with Crippen LogP contribution in [0.25, 0.3) is 11.0 Å². The molecule has 122 valence electrons. The molecular weight excluding hydrogens is 300 g/mol. The largest absolute Gasteiger partial charge is 0.381 e. The summed E-state index contributed by atoms with van der Waals surface area (Å²) in [5.74, 6) is 0.771. The van der Waals surface area contributed by atoms with E-state index in [1.165, 1.54) is 0 Å². The van der Waals surface area contributed by atoms with Crippen molar-refractivity contribution in [3.05, 3.63) is 72.6 Å². The molecule has 3 N–H and O–H groups in total. The summed E-state index contributed by atoms with van der Waals surface area (Å²) in [6.07, 6.45) is 2.42. The zero-order chi connectivity index (χ0) is 16.8. The third-order valence-corrected chi connectivity index (χ3v) is 3.69. The van der Waals surface area contributed by atoms with Gasteiger partial charge in [0.25, 0.3) is 5.91 Å². The average Bonchev–Trinajstić information content (AvgIpc) is 3.03. The van der Waals surface area contributed by atoms with Gasteiger partial charge in [0.05, 0.1) is 16.6 Å². The molecule has 1 aromatic heterocycles. The minimum Gasteiger partial charge on any atom is -0.381 e. The number of hydrogen-bond donors (Lipinski definition) is 3. The zero-order valence-corrected chi connectivity index (χ0v) is 13.4. The molecule has 0 aliphatic heterocycles. The number of anilines is 1. The van der Waals surface area contributed by atoms with Crippen molar-refractivity contribution in [3.63, 3.8) is 0 Å². The summed E-state index contributed by atoms with van der Waals surface area (Å²) >= 11 is 0. The fourth-order valence-corrected chi connectivity index (χ4v) is 2.53. The van der Waals surface area contributed by atoms with E-state index in [0.29, 0.717) is 25.1 Å². The molecule has 0 saturated heterocycles. The summed E-state index contributed by atoms with van der Waals surface area (Å²) in [6, 6.07) is 15.3. The van der Waals surface area contributed by atoms with Gasteiger partial charge in [0.1, 0.15) is 5.82 Å². The molecular formula is C19H20N4O. The van der Waals surface area contributed by atoms with Crippen LogP contribution in [0.5, 0.6) is 0 Å². The Hall–Kier alpha value is -3.08. The number of para-hydroxylation sites is 3. The molecule has 3 rings (SSSR count). The van der Waals surface area contributed by atoms with Gasteiger partial charge in [-0.25, -0.2) is 4.98 Å². The molecule has 0 aliphatic rings. The Bertz CT molecular complexity index is 820. The SMILES string of the molecule is C=CCNc1ccccc1C(=O)NCCc1nc2ccccc2[nH]1. The Morgan fingerprint density at radius 1 is 1.17 bits per heavy atom. The van der Waals surface area contributed by atoms with E-state index in [4.69, 9.17) is 0 Å². The maximum atomic E-state index is 12.4. The number of rotatable bonds is 7. The van der Waals surface area contributed by atoms with Crippen LogP contribution in [0.2, 0.25) is 0 Å². The van der Waals surface area contributed by atoms with Crippen molar-refractivity contribution in [2.24, 2.45) is 0 Å². The summed E-state index contributed by atoms with van der Waals surface area (Å²) < 4.78 is 0. The molecule has 0 fully saturated rings. The number of H-pyrrole nitrogens is 1. The lowest BCUT2D eigenvalue weighted by Gasteiger charge is -2.10. The summed E-state index contributed by atoms with van der Waals surface area (Å²) in [7, 11) is 0. The maximum absolute atomic E-state index is 12.4. The lowest BCUT2D eigenvalue weighted by atomic mass is 10.1. The number of nitrogens with one attached hydrogen (secondary N) is 3. The van der Waals surface area contributed by atoms with Crippen LogP contribution in [0.3, 0.4) is 0 Å². The molecule has 24 heavy (non-hydrogen) atoms. The fraction of sp³-hybridized carbons (Fsp3) is 0.158. The predicted octanol–water partition coefficient (Wildman–Crippen LogP) is 3.13. The smallest absolute Gasteiger partial charge is 0.253 e. The first-order chi connectivity index (χ1) is 11.8. The number of carbonyl (C=O) groups is 1. The number of benzene rings is 2. The number of aromatic amines is 1. The third kappa shape index (κ3) is 3.63. The fourth-order valence-electron chi connectivity index (χ4n) is 2.53. The second kappa shape index (κ2) is 7.46. The average molecular weight is 320 g/mol. The lowest BCUT2D eigenvalue weighted by molar-refractivity contribution is 0.0955. The second-order valence-corrected chi connectivity index (χ2v) is 5.42. The van der Waals surface area contributed by atoms with E-state index < -0.39 is 0 Å². The molecule has 5 nitrogen and oxygen atoms in total. The van der Waals surface area contributed by atoms with E-state index in [1.54, 1.807) is 6.08 Å². The monoisotopic (exact) mass is 320 g/mol. The number of carbonyl (C=O) groups excluding carboxylic acids is 1. The van der Waals surface area contributed by atoms with Crippen LogP contribution >= 0.6 is 0 Å². The molecule has 0 saturated carbocycles. The highest BCUT2D eigenvalue weighted by Crippen LogP contribution is 2.15. The standard InChI is InChI=1S/C19H20N4O/c1-2-12-20-15-8-4-3-7-14(15)19(24)21-13-11-18-22-16-9-5-6-10-17(16)23-18/h2-10,20H,1,11-13H2,(H,21,24)(H,22,23). The maximum Gasteiger partial charge on any atom is 0.253 e. The second-order valence-electron chi connectivity index (χ2n) is 5.42. The van der Waals surface area contributed by atoms with Crippen LogP contribution in [0, 0.1) is 0 Å². The van der Waals surface area contributed by atoms with Crippen LogP contribution in [0.1, 0.15) is 16.2 Å². The van der Waals surface area contributed by atoms with E-state index >= 15 is 0 Å². The van der Waals surface area contributed by atoms with Gasteiger partial charge in [-0.15, -0.1) is 6.58 Å². The third-order valence-electron chi connectivity index (χ3n) is 3.69. The highest BCUT2D eigenvalue weighted by molar-refractivity contribution is 5.99. The minimum atomic E-state index is -0.0988. The van der Waals surface area contributed by atoms with Crippen molar-refractivity contribution in [1.82, 2.24) is 15.3 Å². The van der Waals surface area contributed by atoms with Crippen molar-refractivity contribution in [2.45, 2.75) is 6.42 Å². The molecule has 1 heterocycles. The molecule has 0 atom stereocenters. The highest BCUT2D eigenvalue weighted by atomic mass is 16.1. The predicted molar refractivity (Wildman–Crippen MR) is 97.3 cm³/mol. The van der Waals surface area contributed by atoms with Crippen LogP contribution < -0.4 is 10.6 Å². The van der Waals surface area contributed by atoms with Crippen LogP contribution in [-0.4, -0.2) is 29.0 Å². The first-order valence-corrected chi connectivity index (χ1v) is 7.93. The lowest BCUT2D eigenvalue weighted by Crippen LogP contribution is -2.26. The van der Waals surface area contributed by atoms with Crippen molar-refractivity contribution in [2.75, 3.05) is 18.4 Å². The van der Waals surface area contributed by atoms with Gasteiger partial charge < -0.3 is 15.6 Å². The molecule has 0 spiro atoms. The van der Waals surface area contributed by atoms with Crippen molar-refractivity contribution >= 4 is 22.6 Å². The van der Waals surface area contributed by atoms with E-state index in [1.807, 2.05) is 48.5 Å². The first-order valence-electron chi connectivity index (χ1n) is 7.93. The van der Waals surface area contributed by atoms with Gasteiger partial charge in [-0.3, -0.25) is 4.79 Å². The minimum absolute atomic E-state index is 0.0988. The van der Waals surface area contributed by atoms with Gasteiger partial charge in [0, 0.05) is 25.2 Å². The number of hydrogen-bond acceptors (Lipinski definition) is 3. The Labute approximate surface area is 140 Å². The van der Waals surface area contributed by atoms with Crippen LogP contribution in [-0.2, 0) is 6.42 Å². The quantitative estimate of drug-likeness (QED) is 0.586. The molecule has 0 aliphatic carbocycles. The van der Waals surface area contributed by atoms with E-state index in [-0.39, 0.29) is 5.91 Å². The Morgan fingerprint density at radius 3 is 2.79 bits per heavy atom. The number of fused-ring (bicyclic) bond motifs is 1. The molecule has 0 radical (unpaired) electrons. The van der Waals surface area contributed by atoms with Gasteiger partial charge in [-0.05, 0) is 24.3 Å². The number of imidazole rings is 1. The van der Waals surface area contributed by atoms with Crippen molar-refractivity contribution in [1.29, 1.82) is 0 Å². The Morgan fingerprint density at radius 2 is 1.96 bits per heavy atom. The normalized spacial score (nSPS) is 10.5. The van der Waals surface area contributed by atoms with Crippen molar-refractivity contribution < 1.29 is 4.79 Å². The first kappa shape index (κ1) is 15.8. The molecule has 0 bridgehead atoms. The van der Waals surface area contributed by atoms with Gasteiger partial charge in [-0.1, -0.05) is 30.3 Å². The molecule has 3 aromatic rings. The highest BCUT2D eigenvalue weighted by Gasteiger charge is 2.10. The van der Waals surface area contributed by atoms with E-state index in [9.17, 15) is 4.79 Å². The topological polar surface area (TPSA) is 69.8 Å². The van der Waals surface area contributed by atoms with Crippen LogP contribution in [0.15, 0.2) is 61.2 Å². The molecule has 1 amide bonds. The molecule has 5 heteroatoms. The Kier molecular flexibility index (Phi) is 4.91. The number of aromatic nitrogens is 2.